The molecule has 2 aromatic rings. The molecule has 0 fully saturated rings. The van der Waals surface area contributed by atoms with Gasteiger partial charge < -0.3 is 14.2 Å². The third kappa shape index (κ3) is 4.35. The monoisotopic (exact) mass is 327 g/mol. The molecule has 1 unspecified atom stereocenters. The summed E-state index contributed by atoms with van der Waals surface area (Å²) >= 11 is 0. The maximum Gasteiger partial charge on any atom is 0.318 e. The molecule has 0 aromatic heterocycles. The number of hydrogen-bond acceptors (Lipinski definition) is 5. The molecule has 24 heavy (non-hydrogen) atoms. The van der Waals surface area contributed by atoms with Gasteiger partial charge in [-0.15, -0.1) is 0 Å². The Morgan fingerprint density at radius 1 is 1.08 bits per heavy atom. The first-order valence-electron chi connectivity index (χ1n) is 7.67. The first-order valence-corrected chi connectivity index (χ1v) is 7.67. The van der Waals surface area contributed by atoms with Gasteiger partial charge in [-0.2, -0.15) is 0 Å². The normalized spacial score (nSPS) is 12.0. The van der Waals surface area contributed by atoms with E-state index in [9.17, 15) is 4.79 Å². The fraction of sp³-hybridized carbons (Fsp3) is 0.263. The molecule has 0 spiro atoms. The lowest BCUT2D eigenvalue weighted by molar-refractivity contribution is -0.143. The second-order valence-electron chi connectivity index (χ2n) is 4.96. The standard InChI is InChI=1S/C19H21NO4/c1-4-24-19(21)16(14-8-6-5-7-9-14)13-20-15-10-11-17(22-2)18(12-15)23-3/h5-13,16H,4H2,1-3H3. The van der Waals surface area contributed by atoms with Crippen molar-refractivity contribution in [3.05, 3.63) is 54.1 Å². The Morgan fingerprint density at radius 3 is 2.42 bits per heavy atom. The maximum atomic E-state index is 12.2. The van der Waals surface area contributed by atoms with Crippen LogP contribution in [0.25, 0.3) is 0 Å². The van der Waals surface area contributed by atoms with Gasteiger partial charge in [-0.1, -0.05) is 30.3 Å². The van der Waals surface area contributed by atoms with Gasteiger partial charge in [-0.25, -0.2) is 0 Å². The number of methoxy groups -OCH3 is 2. The van der Waals surface area contributed by atoms with Crippen molar-refractivity contribution in [3.8, 4) is 11.5 Å². The third-order valence-electron chi connectivity index (χ3n) is 3.44. The van der Waals surface area contributed by atoms with Gasteiger partial charge in [0.2, 0.25) is 0 Å². The molecule has 0 saturated carbocycles. The molecule has 0 aliphatic heterocycles. The van der Waals surface area contributed by atoms with Gasteiger partial charge in [0.15, 0.2) is 11.5 Å². The minimum atomic E-state index is -0.556. The van der Waals surface area contributed by atoms with Gasteiger partial charge in [-0.3, -0.25) is 9.79 Å². The minimum Gasteiger partial charge on any atom is -0.493 e. The zero-order valence-corrected chi connectivity index (χ0v) is 14.1. The molecule has 0 radical (unpaired) electrons. The SMILES string of the molecule is CCOC(=O)C(C=Nc1ccc(OC)c(OC)c1)c1ccccc1. The molecule has 5 heteroatoms. The highest BCUT2D eigenvalue weighted by Gasteiger charge is 2.19. The summed E-state index contributed by atoms with van der Waals surface area (Å²) < 4.78 is 15.6. The smallest absolute Gasteiger partial charge is 0.318 e. The Bertz CT molecular complexity index is 698. The van der Waals surface area contributed by atoms with Gasteiger partial charge in [0, 0.05) is 12.3 Å². The van der Waals surface area contributed by atoms with Gasteiger partial charge in [-0.05, 0) is 24.6 Å². The lowest BCUT2D eigenvalue weighted by atomic mass is 10.0. The third-order valence-corrected chi connectivity index (χ3v) is 3.44. The lowest BCUT2D eigenvalue weighted by Gasteiger charge is -2.12. The molecule has 0 bridgehead atoms. The zero-order valence-electron chi connectivity index (χ0n) is 14.1. The number of esters is 1. The number of carbonyl (C=O) groups is 1. The molecule has 0 aliphatic carbocycles. The van der Waals surface area contributed by atoms with Crippen LogP contribution in [0, 0.1) is 0 Å². The van der Waals surface area contributed by atoms with Gasteiger partial charge in [0.25, 0.3) is 0 Å². The largest absolute Gasteiger partial charge is 0.493 e. The minimum absolute atomic E-state index is 0.326. The Morgan fingerprint density at radius 2 is 1.79 bits per heavy atom. The number of ether oxygens (including phenoxy) is 3. The number of carbonyl (C=O) groups excluding carboxylic acids is 1. The fourth-order valence-corrected chi connectivity index (χ4v) is 2.24. The van der Waals surface area contributed by atoms with Crippen LogP contribution in [-0.2, 0) is 9.53 Å². The molecule has 0 aliphatic rings. The predicted molar refractivity (Wildman–Crippen MR) is 93.5 cm³/mol. The molecule has 5 nitrogen and oxygen atoms in total. The van der Waals surface area contributed by atoms with Crippen molar-refractivity contribution in [2.75, 3.05) is 20.8 Å². The molecule has 0 saturated heterocycles. The van der Waals surface area contributed by atoms with Crippen molar-refractivity contribution in [1.29, 1.82) is 0 Å². The Labute approximate surface area is 141 Å². The van der Waals surface area contributed by atoms with E-state index in [1.807, 2.05) is 30.3 Å². The molecule has 126 valence electrons. The molecule has 0 N–H and O–H groups in total. The van der Waals surface area contributed by atoms with E-state index >= 15 is 0 Å². The summed E-state index contributed by atoms with van der Waals surface area (Å²) in [7, 11) is 3.14. The van der Waals surface area contributed by atoms with Crippen LogP contribution in [0.1, 0.15) is 18.4 Å². The topological polar surface area (TPSA) is 57.1 Å². The molecular weight excluding hydrogens is 306 g/mol. The van der Waals surface area contributed by atoms with E-state index in [0.29, 0.717) is 23.8 Å². The van der Waals surface area contributed by atoms with Crippen LogP contribution in [0.4, 0.5) is 5.69 Å². The number of nitrogens with zero attached hydrogens (tertiary/aromatic N) is 1. The summed E-state index contributed by atoms with van der Waals surface area (Å²) in [4.78, 5) is 16.6. The second-order valence-corrected chi connectivity index (χ2v) is 4.96. The number of aliphatic imine (C=N–C) groups is 1. The second kappa shape index (κ2) is 8.72. The van der Waals surface area contributed by atoms with E-state index in [1.165, 1.54) is 0 Å². The molecular formula is C19H21NO4. The lowest BCUT2D eigenvalue weighted by Crippen LogP contribution is -2.17. The van der Waals surface area contributed by atoms with Crippen molar-refractivity contribution < 1.29 is 19.0 Å². The average Bonchev–Trinajstić information content (AvgIpc) is 2.62. The summed E-state index contributed by atoms with van der Waals surface area (Å²) in [6.07, 6.45) is 1.59. The van der Waals surface area contributed by atoms with Crippen LogP contribution >= 0.6 is 0 Å². The molecule has 0 heterocycles. The Kier molecular flexibility index (Phi) is 6.37. The average molecular weight is 327 g/mol. The highest BCUT2D eigenvalue weighted by atomic mass is 16.5. The Hall–Kier alpha value is -2.82. The van der Waals surface area contributed by atoms with Crippen LogP contribution in [-0.4, -0.2) is 33.0 Å². The van der Waals surface area contributed by atoms with Crippen molar-refractivity contribution in [1.82, 2.24) is 0 Å². The van der Waals surface area contributed by atoms with Crippen LogP contribution in [0.3, 0.4) is 0 Å². The van der Waals surface area contributed by atoms with Gasteiger partial charge >= 0.3 is 5.97 Å². The number of hydrogen-bond donors (Lipinski definition) is 0. The first kappa shape index (κ1) is 17.5. The van der Waals surface area contributed by atoms with E-state index in [2.05, 4.69) is 4.99 Å². The predicted octanol–water partition coefficient (Wildman–Crippen LogP) is 3.75. The first-order chi connectivity index (χ1) is 11.7. The van der Waals surface area contributed by atoms with E-state index < -0.39 is 5.92 Å². The summed E-state index contributed by atoms with van der Waals surface area (Å²) in [6.45, 7) is 2.11. The van der Waals surface area contributed by atoms with Crippen molar-refractivity contribution in [3.63, 3.8) is 0 Å². The molecule has 1 atom stereocenters. The zero-order chi connectivity index (χ0) is 17.4. The van der Waals surface area contributed by atoms with Crippen molar-refractivity contribution >= 4 is 17.9 Å². The fourth-order valence-electron chi connectivity index (χ4n) is 2.24. The van der Waals surface area contributed by atoms with Crippen LogP contribution < -0.4 is 9.47 Å². The van der Waals surface area contributed by atoms with Crippen molar-refractivity contribution in [2.24, 2.45) is 4.99 Å². The Balaban J connectivity index is 2.29. The number of rotatable bonds is 7. The summed E-state index contributed by atoms with van der Waals surface area (Å²) in [5, 5.41) is 0. The van der Waals surface area contributed by atoms with Crippen LogP contribution in [0.5, 0.6) is 11.5 Å². The van der Waals surface area contributed by atoms with Crippen molar-refractivity contribution in [2.45, 2.75) is 12.8 Å². The molecule has 0 amide bonds. The molecule has 2 aromatic carbocycles. The van der Waals surface area contributed by atoms with Gasteiger partial charge in [0.1, 0.15) is 5.92 Å². The summed E-state index contributed by atoms with van der Waals surface area (Å²) in [5.41, 5.74) is 1.50. The summed E-state index contributed by atoms with van der Waals surface area (Å²) in [6, 6.07) is 14.7. The van der Waals surface area contributed by atoms with Gasteiger partial charge in [0.05, 0.1) is 26.5 Å². The summed E-state index contributed by atoms with van der Waals surface area (Å²) in [5.74, 6) is 0.327. The number of benzene rings is 2. The quantitative estimate of drug-likeness (QED) is 0.574. The van der Waals surface area contributed by atoms with E-state index in [-0.39, 0.29) is 5.97 Å². The highest BCUT2D eigenvalue weighted by molar-refractivity contribution is 5.96. The van der Waals surface area contributed by atoms with Crippen LogP contribution in [0.15, 0.2) is 53.5 Å². The van der Waals surface area contributed by atoms with Crippen LogP contribution in [0.2, 0.25) is 0 Å². The highest BCUT2D eigenvalue weighted by Crippen LogP contribution is 2.31. The van der Waals surface area contributed by atoms with E-state index in [0.717, 1.165) is 5.56 Å². The maximum absolute atomic E-state index is 12.2. The van der Waals surface area contributed by atoms with E-state index in [1.54, 1.807) is 45.6 Å². The van der Waals surface area contributed by atoms with E-state index in [4.69, 9.17) is 14.2 Å². The molecule has 2 rings (SSSR count).